The predicted octanol–water partition coefficient (Wildman–Crippen LogP) is 3.77. The van der Waals surface area contributed by atoms with Gasteiger partial charge in [-0.1, -0.05) is 43.2 Å². The lowest BCUT2D eigenvalue weighted by atomic mass is 9.95. The van der Waals surface area contributed by atoms with Gasteiger partial charge in [0.05, 0.1) is 16.8 Å². The molecule has 1 aliphatic heterocycles. The van der Waals surface area contributed by atoms with Crippen LogP contribution in [0.25, 0.3) is 11.0 Å². The lowest BCUT2D eigenvalue weighted by Crippen LogP contribution is -2.49. The van der Waals surface area contributed by atoms with E-state index in [0.717, 1.165) is 29.7 Å². The molecule has 8 heteroatoms. The fraction of sp³-hybridized carbons (Fsp3) is 0.478. The van der Waals surface area contributed by atoms with E-state index in [9.17, 15) is 4.79 Å². The molecule has 0 bridgehead atoms. The number of benzene rings is 1. The van der Waals surface area contributed by atoms with E-state index in [-0.39, 0.29) is 5.91 Å². The monoisotopic (exact) mass is 436 g/mol. The zero-order chi connectivity index (χ0) is 21.0. The quantitative estimate of drug-likeness (QED) is 0.567. The summed E-state index contributed by atoms with van der Waals surface area (Å²) < 4.78 is 2.40. The van der Waals surface area contributed by atoms with Crippen LogP contribution in [0.1, 0.15) is 38.1 Å². The van der Waals surface area contributed by atoms with Crippen LogP contribution < -0.4 is 4.90 Å². The van der Waals surface area contributed by atoms with E-state index in [1.165, 1.54) is 37.6 Å². The van der Waals surface area contributed by atoms with Gasteiger partial charge in [-0.3, -0.25) is 4.79 Å². The van der Waals surface area contributed by atoms with E-state index < -0.39 is 0 Å². The molecule has 1 aromatic carbocycles. The molecule has 5 rings (SSSR count). The molecule has 3 heterocycles. The van der Waals surface area contributed by atoms with Gasteiger partial charge in [0.15, 0.2) is 5.16 Å². The van der Waals surface area contributed by atoms with Crippen molar-refractivity contribution in [1.82, 2.24) is 24.4 Å². The molecule has 7 nitrogen and oxygen atoms in total. The fourth-order valence-corrected chi connectivity index (χ4v) is 5.63. The van der Waals surface area contributed by atoms with Crippen LogP contribution in [0.5, 0.6) is 0 Å². The number of para-hydroxylation sites is 2. The summed E-state index contributed by atoms with van der Waals surface area (Å²) in [4.78, 5) is 30.6. The molecule has 31 heavy (non-hydrogen) atoms. The summed E-state index contributed by atoms with van der Waals surface area (Å²) in [6.07, 6.45) is 9.79. The average molecular weight is 437 g/mol. The van der Waals surface area contributed by atoms with Crippen LogP contribution in [0.3, 0.4) is 0 Å². The minimum absolute atomic E-state index is 0.181. The number of hydrogen-bond acceptors (Lipinski definition) is 6. The Kier molecular flexibility index (Phi) is 6.06. The number of anilines is 1. The van der Waals surface area contributed by atoms with Crippen molar-refractivity contribution in [1.29, 1.82) is 0 Å². The number of imidazole rings is 1. The molecule has 0 N–H and O–H groups in total. The Morgan fingerprint density at radius 3 is 2.48 bits per heavy atom. The topological polar surface area (TPSA) is 67.2 Å². The van der Waals surface area contributed by atoms with Gasteiger partial charge in [-0.2, -0.15) is 0 Å². The van der Waals surface area contributed by atoms with Crippen molar-refractivity contribution >= 4 is 34.7 Å². The number of fused-ring (bicyclic) bond motifs is 1. The highest BCUT2D eigenvalue weighted by Gasteiger charge is 2.25. The fourth-order valence-electron chi connectivity index (χ4n) is 4.64. The zero-order valence-electron chi connectivity index (χ0n) is 17.7. The van der Waals surface area contributed by atoms with Gasteiger partial charge in [-0.15, -0.1) is 0 Å². The van der Waals surface area contributed by atoms with Gasteiger partial charge >= 0.3 is 0 Å². The molecule has 2 aromatic heterocycles. The molecule has 1 aliphatic carbocycles. The smallest absolute Gasteiger partial charge is 0.233 e. The molecule has 0 spiro atoms. The molecule has 3 aromatic rings. The van der Waals surface area contributed by atoms with Crippen molar-refractivity contribution in [2.75, 3.05) is 36.8 Å². The molecule has 1 amide bonds. The van der Waals surface area contributed by atoms with E-state index in [0.29, 0.717) is 24.9 Å². The average Bonchev–Trinajstić information content (AvgIpc) is 3.22. The van der Waals surface area contributed by atoms with E-state index in [4.69, 9.17) is 4.98 Å². The second kappa shape index (κ2) is 9.26. The lowest BCUT2D eigenvalue weighted by Gasteiger charge is -2.34. The molecule has 1 saturated carbocycles. The highest BCUT2D eigenvalue weighted by Crippen LogP contribution is 2.35. The van der Waals surface area contributed by atoms with E-state index in [1.807, 2.05) is 17.0 Å². The number of amides is 1. The minimum atomic E-state index is 0.181. The summed E-state index contributed by atoms with van der Waals surface area (Å²) in [5.41, 5.74) is 2.22. The first kappa shape index (κ1) is 20.3. The maximum atomic E-state index is 12.9. The Hall–Kier alpha value is -2.61. The molecule has 162 valence electrons. The van der Waals surface area contributed by atoms with Crippen molar-refractivity contribution in [3.8, 4) is 0 Å². The summed E-state index contributed by atoms with van der Waals surface area (Å²) in [5, 5.41) is 0.984. The molecule has 2 aliphatic rings. The zero-order valence-corrected chi connectivity index (χ0v) is 18.5. The number of carbonyl (C=O) groups excluding carboxylic acids is 1. The SMILES string of the molecule is O=C(CSc1nc2ccccc2n1C1CCCCC1)N1CCN(c2ncccn2)CC1. The summed E-state index contributed by atoms with van der Waals surface area (Å²) in [6.45, 7) is 2.94. The molecule has 2 fully saturated rings. The van der Waals surface area contributed by atoms with E-state index in [2.05, 4.69) is 37.6 Å². The number of nitrogens with zero attached hydrogens (tertiary/aromatic N) is 6. The van der Waals surface area contributed by atoms with Gasteiger partial charge in [0.1, 0.15) is 0 Å². The first-order valence-electron chi connectivity index (χ1n) is 11.2. The van der Waals surface area contributed by atoms with Crippen LogP contribution in [0.15, 0.2) is 47.9 Å². The van der Waals surface area contributed by atoms with Gasteiger partial charge < -0.3 is 14.4 Å². The molecule has 0 atom stereocenters. The Bertz CT molecular complexity index is 1020. The van der Waals surface area contributed by atoms with Gasteiger partial charge in [-0.25, -0.2) is 15.0 Å². The summed E-state index contributed by atoms with van der Waals surface area (Å²) in [5.74, 6) is 1.35. The second-order valence-corrected chi connectivity index (χ2v) is 9.19. The van der Waals surface area contributed by atoms with Crippen molar-refractivity contribution in [2.45, 2.75) is 43.3 Å². The van der Waals surface area contributed by atoms with Crippen LogP contribution in [0, 0.1) is 0 Å². The van der Waals surface area contributed by atoms with Crippen LogP contribution in [0.2, 0.25) is 0 Å². The number of rotatable bonds is 5. The first-order chi connectivity index (χ1) is 15.3. The van der Waals surface area contributed by atoms with Gasteiger partial charge in [0, 0.05) is 44.6 Å². The van der Waals surface area contributed by atoms with Crippen LogP contribution in [0.4, 0.5) is 5.95 Å². The number of carbonyl (C=O) groups is 1. The Balaban J connectivity index is 1.24. The van der Waals surface area contributed by atoms with Crippen molar-refractivity contribution in [2.24, 2.45) is 0 Å². The number of thioether (sulfide) groups is 1. The molecule has 0 radical (unpaired) electrons. The standard InChI is InChI=1S/C23H28N6OS/c30-21(27-13-15-28(16-14-27)22-24-11-6-12-25-22)17-31-23-26-19-9-4-5-10-20(19)29(23)18-7-2-1-3-8-18/h4-6,9-12,18H,1-3,7-8,13-17H2. The van der Waals surface area contributed by atoms with E-state index in [1.54, 1.807) is 24.2 Å². The summed E-state index contributed by atoms with van der Waals surface area (Å²) in [7, 11) is 0. The molecular formula is C23H28N6OS. The minimum Gasteiger partial charge on any atom is -0.338 e. The maximum Gasteiger partial charge on any atom is 0.233 e. The third kappa shape index (κ3) is 4.39. The number of hydrogen-bond donors (Lipinski definition) is 0. The van der Waals surface area contributed by atoms with Crippen molar-refractivity contribution < 1.29 is 4.79 Å². The molecule has 0 unspecified atom stereocenters. The lowest BCUT2D eigenvalue weighted by molar-refractivity contribution is -0.128. The van der Waals surface area contributed by atoms with Gasteiger partial charge in [0.25, 0.3) is 0 Å². The Labute approximate surface area is 186 Å². The molecular weight excluding hydrogens is 408 g/mol. The summed E-state index contributed by atoms with van der Waals surface area (Å²) >= 11 is 1.59. The van der Waals surface area contributed by atoms with E-state index >= 15 is 0 Å². The van der Waals surface area contributed by atoms with Gasteiger partial charge in [-0.05, 0) is 31.0 Å². The number of piperazine rings is 1. The predicted molar refractivity (Wildman–Crippen MR) is 123 cm³/mol. The summed E-state index contributed by atoms with van der Waals surface area (Å²) in [6, 6.07) is 10.7. The Morgan fingerprint density at radius 1 is 0.968 bits per heavy atom. The largest absolute Gasteiger partial charge is 0.338 e. The maximum absolute atomic E-state index is 12.9. The third-order valence-corrected chi connectivity index (χ3v) is 7.23. The van der Waals surface area contributed by atoms with Crippen molar-refractivity contribution in [3.63, 3.8) is 0 Å². The third-order valence-electron chi connectivity index (χ3n) is 6.30. The first-order valence-corrected chi connectivity index (χ1v) is 12.2. The van der Waals surface area contributed by atoms with Gasteiger partial charge in [0.2, 0.25) is 11.9 Å². The van der Waals surface area contributed by atoms with Crippen LogP contribution >= 0.6 is 11.8 Å². The van der Waals surface area contributed by atoms with Crippen LogP contribution in [-0.4, -0.2) is 62.3 Å². The molecule has 1 saturated heterocycles. The Morgan fingerprint density at radius 2 is 1.71 bits per heavy atom. The highest BCUT2D eigenvalue weighted by atomic mass is 32.2. The normalized spacial score (nSPS) is 17.9. The highest BCUT2D eigenvalue weighted by molar-refractivity contribution is 7.99. The van der Waals surface area contributed by atoms with Crippen LogP contribution in [-0.2, 0) is 4.79 Å². The second-order valence-electron chi connectivity index (χ2n) is 8.25. The van der Waals surface area contributed by atoms with Crippen molar-refractivity contribution in [3.05, 3.63) is 42.7 Å². The number of aromatic nitrogens is 4.